The zero-order valence-electron chi connectivity index (χ0n) is 21.7. The van der Waals surface area contributed by atoms with Crippen molar-refractivity contribution in [1.29, 1.82) is 0 Å². The van der Waals surface area contributed by atoms with Crippen molar-refractivity contribution in [2.24, 2.45) is 0 Å². The van der Waals surface area contributed by atoms with E-state index in [1.807, 2.05) is 48.5 Å². The van der Waals surface area contributed by atoms with Crippen LogP contribution in [0.2, 0.25) is 0 Å². The number of halogens is 1. The highest BCUT2D eigenvalue weighted by atomic mass is 32.2. The molecule has 0 spiro atoms. The summed E-state index contributed by atoms with van der Waals surface area (Å²) in [6.07, 6.45) is 1.31. The van der Waals surface area contributed by atoms with E-state index < -0.39 is 48.4 Å². The second-order valence-electron chi connectivity index (χ2n) is 10.3. The molecule has 4 rings (SSSR count). The molecule has 8 nitrogen and oxygen atoms in total. The van der Waals surface area contributed by atoms with Crippen molar-refractivity contribution in [1.82, 2.24) is 10.2 Å². The number of likely N-dealkylation sites (tertiary alicyclic amines) is 1. The van der Waals surface area contributed by atoms with Gasteiger partial charge < -0.3 is 15.0 Å². The minimum absolute atomic E-state index is 0.346. The highest BCUT2D eigenvalue weighted by Crippen LogP contribution is 2.48. The van der Waals surface area contributed by atoms with E-state index in [2.05, 4.69) is 5.32 Å². The number of anilines is 2. The van der Waals surface area contributed by atoms with E-state index in [9.17, 15) is 23.6 Å². The summed E-state index contributed by atoms with van der Waals surface area (Å²) in [7, 11) is 0. The van der Waals surface area contributed by atoms with Crippen molar-refractivity contribution in [2.45, 2.75) is 73.9 Å². The lowest BCUT2D eigenvalue weighted by atomic mass is 10.0. The molecule has 2 heterocycles. The topological polar surface area (TPSA) is 96.0 Å². The summed E-state index contributed by atoms with van der Waals surface area (Å²) in [6, 6.07) is 12.5. The van der Waals surface area contributed by atoms with Crippen LogP contribution in [0, 0.1) is 0 Å². The zero-order chi connectivity index (χ0) is 27.4. The van der Waals surface area contributed by atoms with Gasteiger partial charge in [0.05, 0.1) is 17.8 Å². The second kappa shape index (κ2) is 11.6. The first-order valence-electron chi connectivity index (χ1n) is 12.7. The summed E-state index contributed by atoms with van der Waals surface area (Å²) >= 11 is 1.57. The van der Waals surface area contributed by atoms with Gasteiger partial charge in [-0.25, -0.2) is 9.18 Å². The average Bonchev–Trinajstić information content (AvgIpc) is 2.89. The van der Waals surface area contributed by atoms with Gasteiger partial charge in [-0.3, -0.25) is 19.3 Å². The van der Waals surface area contributed by atoms with Crippen LogP contribution in [-0.2, 0) is 19.1 Å². The van der Waals surface area contributed by atoms with Gasteiger partial charge >= 0.3 is 12.0 Å². The number of Topliss-reactive ketones (excluding diaryl/α,β-unsaturated/α-hetero) is 1. The van der Waals surface area contributed by atoms with Crippen molar-refractivity contribution < 1.29 is 28.3 Å². The van der Waals surface area contributed by atoms with Gasteiger partial charge in [0.2, 0.25) is 5.91 Å². The Morgan fingerprint density at radius 2 is 1.63 bits per heavy atom. The van der Waals surface area contributed by atoms with Gasteiger partial charge in [-0.1, -0.05) is 36.0 Å². The van der Waals surface area contributed by atoms with Gasteiger partial charge in [0, 0.05) is 16.3 Å². The van der Waals surface area contributed by atoms with E-state index in [1.165, 1.54) is 4.90 Å². The number of ether oxygens (including phenoxy) is 1. The number of piperidine rings is 1. The van der Waals surface area contributed by atoms with Gasteiger partial charge in [-0.2, -0.15) is 0 Å². The molecule has 3 amide bonds. The third-order valence-corrected chi connectivity index (χ3v) is 7.43. The van der Waals surface area contributed by atoms with Crippen molar-refractivity contribution in [2.75, 3.05) is 18.1 Å². The van der Waals surface area contributed by atoms with Crippen molar-refractivity contribution in [3.8, 4) is 0 Å². The third kappa shape index (κ3) is 6.18. The zero-order valence-corrected chi connectivity index (χ0v) is 22.6. The van der Waals surface area contributed by atoms with Crippen LogP contribution in [0.3, 0.4) is 0 Å². The maximum Gasteiger partial charge on any atom is 0.329 e. The molecular formula is C28H32FN3O5S. The summed E-state index contributed by atoms with van der Waals surface area (Å²) < 4.78 is 18.6. The summed E-state index contributed by atoms with van der Waals surface area (Å²) in [5.41, 5.74) is 0.652. The fourth-order valence-corrected chi connectivity index (χ4v) is 5.69. The largest absolute Gasteiger partial charge is 0.460 e. The van der Waals surface area contributed by atoms with Gasteiger partial charge in [0.15, 0.2) is 5.78 Å². The maximum absolute atomic E-state index is 14.1. The number of amides is 3. The lowest BCUT2D eigenvalue weighted by Gasteiger charge is -2.40. The molecule has 2 aromatic carbocycles. The molecule has 10 heteroatoms. The molecule has 2 unspecified atom stereocenters. The van der Waals surface area contributed by atoms with Gasteiger partial charge in [-0.05, 0) is 64.3 Å². The van der Waals surface area contributed by atoms with Crippen LogP contribution in [0.15, 0.2) is 58.3 Å². The van der Waals surface area contributed by atoms with Crippen LogP contribution in [0.25, 0.3) is 0 Å². The van der Waals surface area contributed by atoms with Gasteiger partial charge in [-0.15, -0.1) is 0 Å². The van der Waals surface area contributed by atoms with Gasteiger partial charge in [0.1, 0.15) is 24.4 Å². The molecule has 1 saturated heterocycles. The van der Waals surface area contributed by atoms with Crippen LogP contribution in [0.1, 0.15) is 46.5 Å². The number of benzene rings is 2. The Morgan fingerprint density at radius 1 is 1.03 bits per heavy atom. The lowest BCUT2D eigenvalue weighted by Crippen LogP contribution is -2.57. The number of fused-ring (bicyclic) bond motifs is 2. The first-order chi connectivity index (χ1) is 18.1. The number of ketones is 1. The number of carbonyl (C=O) groups is 4. The summed E-state index contributed by atoms with van der Waals surface area (Å²) in [6.45, 7) is 4.04. The number of esters is 1. The molecule has 0 saturated carbocycles. The standard InChI is InChI=1S/C28H32FN3O5S/c1-28(2,3)37-25(34)16-18(22(33)17-29)30-26(35)21-12-8-9-15-31(21)27(36)32-19-10-4-6-13-23(19)38-24-14-7-5-11-20(24)32/h4-7,10-11,13-14,18,21H,8-9,12,15-17H2,1-3H3,(H,30,35). The minimum Gasteiger partial charge on any atom is -0.460 e. The van der Waals surface area contributed by atoms with E-state index in [1.54, 1.807) is 37.4 Å². The SMILES string of the molecule is CC(C)(C)OC(=O)CC(NC(=O)C1CCCCN1C(=O)N1c2ccccc2Sc2ccccc21)C(=O)CF. The molecule has 2 aliphatic rings. The molecule has 0 bridgehead atoms. The van der Waals surface area contributed by atoms with Crippen molar-refractivity contribution >= 4 is 46.8 Å². The Bertz CT molecular complexity index is 1190. The molecule has 2 aliphatic heterocycles. The first kappa shape index (κ1) is 27.6. The number of rotatable bonds is 6. The Labute approximate surface area is 225 Å². The minimum atomic E-state index is -1.38. The molecule has 1 fully saturated rings. The Balaban J connectivity index is 1.58. The molecule has 0 aliphatic carbocycles. The molecule has 0 radical (unpaired) electrons. The highest BCUT2D eigenvalue weighted by Gasteiger charge is 2.39. The number of nitrogens with zero attached hydrogens (tertiary/aromatic N) is 2. The third-order valence-electron chi connectivity index (χ3n) is 6.30. The normalized spacial score (nSPS) is 17.6. The van der Waals surface area contributed by atoms with Crippen LogP contribution < -0.4 is 10.2 Å². The molecule has 2 atom stereocenters. The van der Waals surface area contributed by atoms with E-state index in [0.29, 0.717) is 25.8 Å². The fraction of sp³-hybridized carbons (Fsp3) is 0.429. The predicted octanol–water partition coefficient (Wildman–Crippen LogP) is 5.02. The molecule has 202 valence electrons. The molecule has 1 N–H and O–H groups in total. The summed E-state index contributed by atoms with van der Waals surface area (Å²) in [4.78, 5) is 57.1. The molecular weight excluding hydrogens is 509 g/mol. The van der Waals surface area contributed by atoms with Crippen LogP contribution in [-0.4, -0.2) is 59.5 Å². The van der Waals surface area contributed by atoms with E-state index in [4.69, 9.17) is 4.74 Å². The Hall–Kier alpha value is -3.40. The number of para-hydroxylation sites is 2. The van der Waals surface area contributed by atoms with Crippen molar-refractivity contribution in [3.63, 3.8) is 0 Å². The van der Waals surface area contributed by atoms with E-state index in [-0.39, 0.29) is 6.03 Å². The lowest BCUT2D eigenvalue weighted by molar-refractivity contribution is -0.156. The fourth-order valence-electron chi connectivity index (χ4n) is 4.63. The number of hydrogen-bond acceptors (Lipinski definition) is 6. The molecule has 38 heavy (non-hydrogen) atoms. The second-order valence-corrected chi connectivity index (χ2v) is 11.4. The van der Waals surface area contributed by atoms with Gasteiger partial charge in [0.25, 0.3) is 0 Å². The Kier molecular flexibility index (Phi) is 8.40. The number of hydrogen-bond donors (Lipinski definition) is 1. The molecule has 2 aromatic rings. The van der Waals surface area contributed by atoms with E-state index in [0.717, 1.165) is 21.2 Å². The van der Waals surface area contributed by atoms with Crippen LogP contribution in [0.5, 0.6) is 0 Å². The maximum atomic E-state index is 14.1. The number of urea groups is 1. The first-order valence-corrected chi connectivity index (χ1v) is 13.5. The Morgan fingerprint density at radius 3 is 2.21 bits per heavy atom. The van der Waals surface area contributed by atoms with E-state index >= 15 is 0 Å². The summed E-state index contributed by atoms with van der Waals surface area (Å²) in [5, 5.41) is 2.53. The van der Waals surface area contributed by atoms with Crippen molar-refractivity contribution in [3.05, 3.63) is 48.5 Å². The monoisotopic (exact) mass is 541 g/mol. The van der Waals surface area contributed by atoms with Crippen LogP contribution >= 0.6 is 11.8 Å². The predicted molar refractivity (Wildman–Crippen MR) is 142 cm³/mol. The highest BCUT2D eigenvalue weighted by molar-refractivity contribution is 7.99. The number of carbonyl (C=O) groups excluding carboxylic acids is 4. The summed E-state index contributed by atoms with van der Waals surface area (Å²) in [5.74, 6) is -2.24. The number of nitrogens with one attached hydrogen (secondary N) is 1. The molecule has 0 aromatic heterocycles. The van der Waals surface area contributed by atoms with Crippen LogP contribution in [0.4, 0.5) is 20.6 Å². The quantitative estimate of drug-likeness (QED) is 0.516. The average molecular weight is 542 g/mol. The number of alkyl halides is 1. The smallest absolute Gasteiger partial charge is 0.329 e.